The average Bonchev–Trinajstić information content (AvgIpc) is 3.74. The normalized spacial score (nSPS) is 12.6. The molecular formula is C47H58B3ClN4O11. The number of aryl methyl sites for hydroxylation is 1. The maximum atomic E-state index is 12.5. The van der Waals surface area contributed by atoms with E-state index in [-0.39, 0.29) is 34.8 Å². The van der Waals surface area contributed by atoms with E-state index >= 15 is 0 Å². The second-order valence-electron chi connectivity index (χ2n) is 17.2. The molecule has 0 radical (unpaired) electrons. The van der Waals surface area contributed by atoms with E-state index in [2.05, 4.69) is 9.97 Å². The number of pyridine rings is 2. The van der Waals surface area contributed by atoms with Gasteiger partial charge in [0.1, 0.15) is 11.2 Å². The number of nitrogens with zero attached hydrogens (tertiary/aromatic N) is 4. The summed E-state index contributed by atoms with van der Waals surface area (Å²) in [6.07, 6.45) is 6.72. The molecule has 0 unspecified atom stereocenters. The fourth-order valence-corrected chi connectivity index (χ4v) is 7.04. The van der Waals surface area contributed by atoms with E-state index in [0.29, 0.717) is 34.5 Å². The zero-order chi connectivity index (χ0) is 47.8. The molecule has 0 atom stereocenters. The number of esters is 2. The van der Waals surface area contributed by atoms with Crippen molar-refractivity contribution < 1.29 is 51.8 Å². The van der Waals surface area contributed by atoms with Gasteiger partial charge >= 0.3 is 45.5 Å². The van der Waals surface area contributed by atoms with E-state index in [4.69, 9.17) is 44.3 Å². The molecule has 0 aliphatic carbocycles. The van der Waals surface area contributed by atoms with Crippen molar-refractivity contribution in [1.29, 1.82) is 0 Å². The smallest absolute Gasteiger partial charge is 0.426 e. The van der Waals surface area contributed by atoms with Gasteiger partial charge in [-0.1, -0.05) is 31.2 Å². The van der Waals surface area contributed by atoms with Gasteiger partial charge in [0.15, 0.2) is 0 Å². The van der Waals surface area contributed by atoms with Crippen LogP contribution < -0.4 is 0 Å². The third-order valence-electron chi connectivity index (χ3n) is 9.46. The number of fused-ring (bicyclic) bond motifs is 2. The van der Waals surface area contributed by atoms with Crippen LogP contribution in [0.3, 0.4) is 0 Å². The predicted octanol–water partition coefficient (Wildman–Crippen LogP) is 10.4. The molecule has 7 rings (SSSR count). The van der Waals surface area contributed by atoms with Crippen LogP contribution in [0.1, 0.15) is 97.8 Å². The number of halogens is 1. The topological polar surface area (TPSA) is 169 Å². The van der Waals surface area contributed by atoms with Crippen LogP contribution in [0, 0.1) is 6.92 Å². The first-order chi connectivity index (χ1) is 30.5. The van der Waals surface area contributed by atoms with E-state index in [0.717, 1.165) is 44.4 Å². The first-order valence-corrected chi connectivity index (χ1v) is 21.3. The summed E-state index contributed by atoms with van der Waals surface area (Å²) in [5, 5.41) is 2.18. The van der Waals surface area contributed by atoms with Crippen LogP contribution >= 0.6 is 11.6 Å². The highest BCUT2D eigenvalue weighted by Crippen LogP contribution is 2.29. The quantitative estimate of drug-likeness (QED) is 0.0880. The lowest BCUT2D eigenvalue weighted by Gasteiger charge is -2.25. The third kappa shape index (κ3) is 14.5. The van der Waals surface area contributed by atoms with Crippen molar-refractivity contribution in [2.75, 3.05) is 14.2 Å². The minimum absolute atomic E-state index is 0. The largest absolute Gasteiger partial charge is 0.465 e. The summed E-state index contributed by atoms with van der Waals surface area (Å²) in [6.45, 7) is 18.5. The van der Waals surface area contributed by atoms with Crippen LogP contribution in [-0.2, 0) is 45.5 Å². The van der Waals surface area contributed by atoms with E-state index in [1.807, 2.05) is 105 Å². The van der Waals surface area contributed by atoms with Crippen molar-refractivity contribution >= 4 is 78.9 Å². The fourth-order valence-electron chi connectivity index (χ4n) is 6.79. The third-order valence-corrected chi connectivity index (χ3v) is 9.77. The molecule has 1 saturated heterocycles. The number of carbonyl (C=O) groups excluding carboxylic acids is 4. The Balaban J connectivity index is 0.000000240. The minimum atomic E-state index is -0.601. The van der Waals surface area contributed by atoms with Crippen molar-refractivity contribution in [2.24, 2.45) is 0 Å². The van der Waals surface area contributed by atoms with Crippen molar-refractivity contribution in [3.63, 3.8) is 0 Å². The molecule has 0 amide bonds. The lowest BCUT2D eigenvalue weighted by molar-refractivity contribution is 0.0533. The molecule has 0 saturated carbocycles. The van der Waals surface area contributed by atoms with E-state index in [9.17, 15) is 19.2 Å². The Labute approximate surface area is 392 Å². The number of ether oxygens (including phenoxy) is 4. The van der Waals surface area contributed by atoms with Gasteiger partial charge in [-0.05, 0) is 134 Å². The lowest BCUT2D eigenvalue weighted by atomic mass is 9.74. The van der Waals surface area contributed by atoms with Crippen LogP contribution in [0.4, 0.5) is 9.59 Å². The SMILES string of the molecule is C.CB1OB(C)OB(C)O1.COC(=O)c1ccnc(Cc2ccc3c(c2)c(C)cn3C(=O)OC(C)(C)C)c1.COC(=O)c1ccnc(Cc2ccc3c(c2)c(Cl)cn3C(=O)OC(C)(C)C)c1. The molecule has 0 bridgehead atoms. The minimum Gasteiger partial charge on any atom is -0.465 e. The summed E-state index contributed by atoms with van der Waals surface area (Å²) in [7, 11) is 2.29. The van der Waals surface area contributed by atoms with Gasteiger partial charge in [-0.2, -0.15) is 0 Å². The molecule has 19 heteroatoms. The van der Waals surface area contributed by atoms with Gasteiger partial charge < -0.3 is 32.7 Å². The van der Waals surface area contributed by atoms with E-state index < -0.39 is 29.4 Å². The molecule has 0 N–H and O–H groups in total. The summed E-state index contributed by atoms with van der Waals surface area (Å²) < 4.78 is 38.7. The van der Waals surface area contributed by atoms with Crippen molar-refractivity contribution in [3.8, 4) is 0 Å². The van der Waals surface area contributed by atoms with Crippen LogP contribution in [0.5, 0.6) is 0 Å². The second kappa shape index (κ2) is 22.5. The number of rotatable bonds is 6. The van der Waals surface area contributed by atoms with Gasteiger partial charge in [0, 0.05) is 59.8 Å². The van der Waals surface area contributed by atoms with E-state index in [1.165, 1.54) is 23.4 Å². The molecule has 6 aromatic rings. The zero-order valence-electron chi connectivity index (χ0n) is 38.9. The number of benzene rings is 2. The van der Waals surface area contributed by atoms with Gasteiger partial charge in [-0.3, -0.25) is 19.1 Å². The molecule has 1 fully saturated rings. The first kappa shape index (κ1) is 52.7. The number of hydrogen-bond donors (Lipinski definition) is 0. The van der Waals surface area contributed by atoms with Crippen molar-refractivity contribution in [1.82, 2.24) is 19.1 Å². The van der Waals surface area contributed by atoms with Gasteiger partial charge in [-0.25, -0.2) is 19.2 Å². The summed E-state index contributed by atoms with van der Waals surface area (Å²) in [5.74, 6) is -0.791. The molecule has 0 spiro atoms. The summed E-state index contributed by atoms with van der Waals surface area (Å²) >= 11 is 6.35. The maximum Gasteiger partial charge on any atom is 0.426 e. The molecule has 4 aromatic heterocycles. The highest BCUT2D eigenvalue weighted by molar-refractivity contribution is 6.72. The van der Waals surface area contributed by atoms with Crippen molar-refractivity contribution in [2.45, 2.75) is 100 Å². The van der Waals surface area contributed by atoms with Crippen molar-refractivity contribution in [3.05, 3.63) is 130 Å². The monoisotopic (exact) mass is 922 g/mol. The molecule has 348 valence electrons. The first-order valence-electron chi connectivity index (χ1n) is 20.9. The van der Waals surface area contributed by atoms with Gasteiger partial charge in [0.05, 0.1) is 41.4 Å². The Morgan fingerprint density at radius 1 is 0.621 bits per heavy atom. The molecule has 2 aromatic carbocycles. The standard InChI is InChI=1S/C22H24N2O4.C21H21ClN2O4.C3H9B3O3.CH4/c1-14-13-24(21(26)28-22(2,3)4)19-7-6-15(11-18(14)19)10-17-12-16(8-9-23-17)20(25)27-5;1-21(2,3)28-20(26)24-12-17(22)16-10-13(5-6-18(16)24)9-15-11-14(7-8-23-15)19(25)27-4;1-4-7-5(2)9-6(3)8-4;/h6-9,11-13H,10H2,1-5H3;5-8,10-12H,9H2,1-4H3;1-3H3;1H4. The number of carbonyl (C=O) groups is 4. The Hall–Kier alpha value is -5.94. The van der Waals surface area contributed by atoms with Crippen LogP contribution in [0.15, 0.2) is 85.5 Å². The molecular weight excluding hydrogens is 864 g/mol. The molecule has 66 heavy (non-hydrogen) atoms. The highest BCUT2D eigenvalue weighted by Gasteiger charge is 2.31. The van der Waals surface area contributed by atoms with Gasteiger partial charge in [-0.15, -0.1) is 0 Å². The molecule has 1 aliphatic heterocycles. The predicted molar refractivity (Wildman–Crippen MR) is 258 cm³/mol. The number of methoxy groups -OCH3 is 2. The van der Waals surface area contributed by atoms with Crippen LogP contribution in [0.2, 0.25) is 25.5 Å². The van der Waals surface area contributed by atoms with Crippen LogP contribution in [0.25, 0.3) is 21.8 Å². The zero-order valence-corrected chi connectivity index (χ0v) is 39.6. The van der Waals surface area contributed by atoms with Gasteiger partial charge in [0.25, 0.3) is 0 Å². The lowest BCUT2D eigenvalue weighted by Crippen LogP contribution is -2.44. The Morgan fingerprint density at radius 2 is 1.02 bits per heavy atom. The molecule has 15 nitrogen and oxygen atoms in total. The van der Waals surface area contributed by atoms with Crippen LogP contribution in [-0.4, -0.2) is 90.0 Å². The molecule has 1 aliphatic rings. The molecule has 5 heterocycles. The Bertz CT molecular complexity index is 2480. The van der Waals surface area contributed by atoms with Gasteiger partial charge in [0.2, 0.25) is 0 Å². The Kier molecular flexibility index (Phi) is 18.0. The summed E-state index contributed by atoms with van der Waals surface area (Å²) in [5.41, 5.74) is 5.69. The second-order valence-corrected chi connectivity index (χ2v) is 17.6. The highest BCUT2D eigenvalue weighted by atomic mass is 35.5. The number of hydrogen-bond acceptors (Lipinski definition) is 13. The summed E-state index contributed by atoms with van der Waals surface area (Å²) in [4.78, 5) is 56.9. The fraction of sp³-hybridized carbons (Fsp3) is 0.362. The number of aromatic nitrogens is 4. The maximum absolute atomic E-state index is 12.5. The van der Waals surface area contributed by atoms with E-state index in [1.54, 1.807) is 49.1 Å². The average molecular weight is 923 g/mol. The Morgan fingerprint density at radius 3 is 1.42 bits per heavy atom. The summed E-state index contributed by atoms with van der Waals surface area (Å²) in [6, 6.07) is 18.2.